The van der Waals surface area contributed by atoms with Gasteiger partial charge in [-0.25, -0.2) is 0 Å². The van der Waals surface area contributed by atoms with Crippen molar-refractivity contribution in [1.29, 1.82) is 0 Å². The Kier molecular flexibility index (Phi) is 3.25. The van der Waals surface area contributed by atoms with Crippen molar-refractivity contribution in [3.05, 3.63) is 0 Å². The van der Waals surface area contributed by atoms with Crippen LogP contribution in [0.3, 0.4) is 0 Å². The SMILES string of the molecule is O=P(F)(Cl)C1CCCCC1Cl. The van der Waals surface area contributed by atoms with Gasteiger partial charge in [-0.15, -0.1) is 11.6 Å². The fourth-order valence-electron chi connectivity index (χ4n) is 1.40. The van der Waals surface area contributed by atoms with E-state index in [0.29, 0.717) is 6.42 Å². The molecule has 0 aliphatic heterocycles. The van der Waals surface area contributed by atoms with Gasteiger partial charge in [-0.1, -0.05) is 12.8 Å². The summed E-state index contributed by atoms with van der Waals surface area (Å²) in [6, 6.07) is 0. The molecule has 1 nitrogen and oxygen atoms in total. The second-order valence-corrected chi connectivity index (χ2v) is 6.48. The van der Waals surface area contributed by atoms with Gasteiger partial charge in [-0.2, -0.15) is 4.20 Å². The molecule has 3 unspecified atom stereocenters. The predicted molar refractivity (Wildman–Crippen MR) is 46.5 cm³/mol. The first-order valence-electron chi connectivity index (χ1n) is 3.65. The Morgan fingerprint density at radius 3 is 2.27 bits per heavy atom. The van der Waals surface area contributed by atoms with E-state index in [2.05, 4.69) is 0 Å². The average molecular weight is 219 g/mol. The Balaban J connectivity index is 2.62. The van der Waals surface area contributed by atoms with E-state index in [-0.39, 0.29) is 5.38 Å². The van der Waals surface area contributed by atoms with Gasteiger partial charge in [0.2, 0.25) is 0 Å². The zero-order valence-electron chi connectivity index (χ0n) is 5.97. The smallest absolute Gasteiger partial charge is 0.270 e. The number of hydrogen-bond acceptors (Lipinski definition) is 1. The maximum Gasteiger partial charge on any atom is 0.331 e. The van der Waals surface area contributed by atoms with Crippen LogP contribution in [0.4, 0.5) is 4.20 Å². The number of halogens is 3. The summed E-state index contributed by atoms with van der Waals surface area (Å²) in [7, 11) is 0. The summed E-state index contributed by atoms with van der Waals surface area (Å²) < 4.78 is 23.6. The number of rotatable bonds is 1. The molecule has 1 fully saturated rings. The second-order valence-electron chi connectivity index (χ2n) is 2.87. The summed E-state index contributed by atoms with van der Waals surface area (Å²) >= 11 is 10.9. The second kappa shape index (κ2) is 3.64. The molecule has 1 saturated carbocycles. The monoisotopic (exact) mass is 218 g/mol. The molecule has 0 radical (unpaired) electrons. The van der Waals surface area contributed by atoms with Crippen LogP contribution in [0.15, 0.2) is 0 Å². The fraction of sp³-hybridized carbons (Fsp3) is 1.00. The molecule has 0 spiro atoms. The van der Waals surface area contributed by atoms with Gasteiger partial charge in [0, 0.05) is 5.38 Å². The first-order valence-corrected chi connectivity index (χ1v) is 6.66. The van der Waals surface area contributed by atoms with E-state index in [1.807, 2.05) is 0 Å². The van der Waals surface area contributed by atoms with Crippen molar-refractivity contribution >= 4 is 29.6 Å². The van der Waals surface area contributed by atoms with Crippen LogP contribution in [0.1, 0.15) is 25.7 Å². The maximum absolute atomic E-state index is 12.8. The van der Waals surface area contributed by atoms with Gasteiger partial charge >= 0.3 is 6.81 Å². The third kappa shape index (κ3) is 2.61. The summed E-state index contributed by atoms with van der Waals surface area (Å²) in [5.74, 6) is 0. The highest BCUT2D eigenvalue weighted by atomic mass is 35.7. The van der Waals surface area contributed by atoms with Gasteiger partial charge in [0.15, 0.2) is 0 Å². The molecule has 0 heterocycles. The minimum Gasteiger partial charge on any atom is -0.270 e. The third-order valence-electron chi connectivity index (χ3n) is 2.03. The number of hydrogen-bond donors (Lipinski definition) is 0. The van der Waals surface area contributed by atoms with Crippen molar-refractivity contribution in [2.24, 2.45) is 0 Å². The molecular formula is C6H10Cl2FOP. The molecular weight excluding hydrogens is 209 g/mol. The van der Waals surface area contributed by atoms with E-state index in [1.165, 1.54) is 0 Å². The molecule has 1 rings (SSSR count). The highest BCUT2D eigenvalue weighted by Crippen LogP contribution is 2.62. The lowest BCUT2D eigenvalue weighted by Gasteiger charge is -2.25. The van der Waals surface area contributed by atoms with Crippen LogP contribution in [0, 0.1) is 0 Å². The quantitative estimate of drug-likeness (QED) is 0.482. The lowest BCUT2D eigenvalue weighted by Crippen LogP contribution is -2.22. The summed E-state index contributed by atoms with van der Waals surface area (Å²) in [4.78, 5) is 0. The predicted octanol–water partition coefficient (Wildman–Crippen LogP) is 3.94. The van der Waals surface area contributed by atoms with Crippen LogP contribution in [-0.2, 0) is 4.57 Å². The van der Waals surface area contributed by atoms with Crippen LogP contribution < -0.4 is 0 Å². The zero-order valence-corrected chi connectivity index (χ0v) is 8.38. The van der Waals surface area contributed by atoms with Gasteiger partial charge < -0.3 is 0 Å². The third-order valence-corrected chi connectivity index (χ3v) is 4.87. The first kappa shape index (κ1) is 9.83. The highest BCUT2D eigenvalue weighted by molar-refractivity contribution is 7.85. The van der Waals surface area contributed by atoms with Gasteiger partial charge in [0.25, 0.3) is 0 Å². The van der Waals surface area contributed by atoms with Crippen molar-refractivity contribution in [2.45, 2.75) is 36.7 Å². The Morgan fingerprint density at radius 1 is 1.36 bits per heavy atom. The van der Waals surface area contributed by atoms with Crippen LogP contribution in [0.5, 0.6) is 0 Å². The molecule has 0 amide bonds. The van der Waals surface area contributed by atoms with Gasteiger partial charge in [0.1, 0.15) is 0 Å². The standard InChI is InChI=1S/C6H10Cl2FOP/c7-5-3-1-2-4-6(5)11(8,9)10/h5-6H,1-4H2. The molecule has 0 aromatic carbocycles. The Hall–Kier alpha value is 0.740. The zero-order chi connectivity index (χ0) is 8.48. The van der Waals surface area contributed by atoms with Crippen LogP contribution in [0.2, 0.25) is 0 Å². The summed E-state index contributed by atoms with van der Waals surface area (Å²) in [6.07, 6.45) is 3.16. The van der Waals surface area contributed by atoms with Crippen molar-refractivity contribution < 1.29 is 8.76 Å². The van der Waals surface area contributed by atoms with Crippen molar-refractivity contribution in [3.8, 4) is 0 Å². The molecule has 0 bridgehead atoms. The molecule has 1 aliphatic carbocycles. The molecule has 3 atom stereocenters. The van der Waals surface area contributed by atoms with Crippen molar-refractivity contribution in [1.82, 2.24) is 0 Å². The normalized spacial score (nSPS) is 38.1. The van der Waals surface area contributed by atoms with E-state index >= 15 is 0 Å². The fourth-order valence-corrected chi connectivity index (χ4v) is 4.00. The largest absolute Gasteiger partial charge is 0.331 e. The van der Waals surface area contributed by atoms with E-state index in [1.54, 1.807) is 0 Å². The molecule has 11 heavy (non-hydrogen) atoms. The maximum atomic E-state index is 12.8. The van der Waals surface area contributed by atoms with Gasteiger partial charge in [-0.05, 0) is 24.1 Å². The van der Waals surface area contributed by atoms with Gasteiger partial charge in [0.05, 0.1) is 5.66 Å². The number of alkyl halides is 1. The lowest BCUT2D eigenvalue weighted by atomic mass is 10.00. The molecule has 0 N–H and O–H groups in total. The molecule has 1 aliphatic rings. The van der Waals surface area contributed by atoms with E-state index in [9.17, 15) is 8.76 Å². The van der Waals surface area contributed by atoms with Crippen LogP contribution >= 0.6 is 29.6 Å². The summed E-state index contributed by atoms with van der Waals surface area (Å²) in [5.41, 5.74) is -0.611. The van der Waals surface area contributed by atoms with Crippen molar-refractivity contribution in [3.63, 3.8) is 0 Å². The average Bonchev–Trinajstić information content (AvgIpc) is 1.86. The Labute approximate surface area is 75.5 Å². The minimum atomic E-state index is -3.96. The lowest BCUT2D eigenvalue weighted by molar-refractivity contribution is 0.475. The first-order chi connectivity index (χ1) is 5.02. The molecule has 5 heteroatoms. The minimum absolute atomic E-state index is 0.336. The van der Waals surface area contributed by atoms with Gasteiger partial charge in [-0.3, -0.25) is 4.57 Å². The highest BCUT2D eigenvalue weighted by Gasteiger charge is 2.37. The van der Waals surface area contributed by atoms with Crippen LogP contribution in [-0.4, -0.2) is 11.0 Å². The topological polar surface area (TPSA) is 17.1 Å². The van der Waals surface area contributed by atoms with Crippen molar-refractivity contribution in [2.75, 3.05) is 0 Å². The summed E-state index contributed by atoms with van der Waals surface area (Å²) in [6.45, 7) is -3.96. The van der Waals surface area contributed by atoms with Crippen LogP contribution in [0.25, 0.3) is 0 Å². The van der Waals surface area contributed by atoms with E-state index < -0.39 is 12.5 Å². The summed E-state index contributed by atoms with van der Waals surface area (Å²) in [5, 5.41) is -0.336. The molecule has 0 aromatic rings. The Bertz CT molecular complexity index is 181. The Morgan fingerprint density at radius 2 is 1.91 bits per heavy atom. The molecule has 0 saturated heterocycles. The molecule has 66 valence electrons. The molecule has 0 aromatic heterocycles. The van der Waals surface area contributed by atoms with E-state index in [0.717, 1.165) is 19.3 Å². The van der Waals surface area contributed by atoms with E-state index in [4.69, 9.17) is 22.8 Å².